The normalized spacial score (nSPS) is 21.6. The van der Waals surface area contributed by atoms with E-state index in [1.165, 1.54) is 17.5 Å². The van der Waals surface area contributed by atoms with E-state index in [9.17, 15) is 18.0 Å². The highest BCUT2D eigenvalue weighted by molar-refractivity contribution is 7.91. The number of amides is 1. The number of nitrogens with zero attached hydrogens (tertiary/aromatic N) is 1. The lowest BCUT2D eigenvalue weighted by atomic mass is 9.90. The van der Waals surface area contributed by atoms with E-state index in [4.69, 9.17) is 4.74 Å². The van der Waals surface area contributed by atoms with Gasteiger partial charge in [-0.05, 0) is 68.7 Å². The summed E-state index contributed by atoms with van der Waals surface area (Å²) in [6.07, 6.45) is 5.45. The Morgan fingerprint density at radius 1 is 1.21 bits per heavy atom. The highest BCUT2D eigenvalue weighted by Gasteiger charge is 2.36. The van der Waals surface area contributed by atoms with Gasteiger partial charge in [0.15, 0.2) is 16.4 Å². The standard InChI is InChI=1S/C21H29NO5S/c1-3-15(2)22(19-10-11-28(25,26)14-19)20(23)13-27-21(24)18-9-8-16-6-4-5-7-17(16)12-18/h8-9,12,15,19H,3-7,10-11,13-14H2,1-2H3/t15-,19+/m0/s1. The van der Waals surface area contributed by atoms with Crippen molar-refractivity contribution in [3.63, 3.8) is 0 Å². The zero-order chi connectivity index (χ0) is 20.3. The van der Waals surface area contributed by atoms with Crippen molar-refractivity contribution in [2.45, 2.75) is 64.5 Å². The minimum absolute atomic E-state index is 0.0121. The van der Waals surface area contributed by atoms with Crippen molar-refractivity contribution < 1.29 is 22.7 Å². The molecule has 1 aromatic carbocycles. The zero-order valence-electron chi connectivity index (χ0n) is 16.6. The van der Waals surface area contributed by atoms with Gasteiger partial charge in [0, 0.05) is 12.1 Å². The number of benzene rings is 1. The van der Waals surface area contributed by atoms with Crippen LogP contribution < -0.4 is 0 Å². The second kappa shape index (κ2) is 8.64. The van der Waals surface area contributed by atoms with Crippen molar-refractivity contribution >= 4 is 21.7 Å². The van der Waals surface area contributed by atoms with Crippen LogP contribution in [0.5, 0.6) is 0 Å². The van der Waals surface area contributed by atoms with Crippen LogP contribution in [0.3, 0.4) is 0 Å². The third-order valence-corrected chi connectivity index (χ3v) is 7.62. The molecule has 2 aliphatic rings. The number of fused-ring (bicyclic) bond motifs is 1. The summed E-state index contributed by atoms with van der Waals surface area (Å²) in [7, 11) is -3.10. The number of carbonyl (C=O) groups excluding carboxylic acids is 2. The molecule has 1 fully saturated rings. The molecule has 7 heteroatoms. The van der Waals surface area contributed by atoms with Gasteiger partial charge in [0.25, 0.3) is 5.91 Å². The van der Waals surface area contributed by atoms with E-state index in [1.807, 2.05) is 26.0 Å². The number of carbonyl (C=O) groups is 2. The topological polar surface area (TPSA) is 80.8 Å². The second-order valence-electron chi connectivity index (χ2n) is 7.88. The summed E-state index contributed by atoms with van der Waals surface area (Å²) in [5, 5.41) is 0. The van der Waals surface area contributed by atoms with Crippen LogP contribution in [-0.2, 0) is 32.2 Å². The number of hydrogen-bond acceptors (Lipinski definition) is 5. The average Bonchev–Trinajstić information content (AvgIpc) is 3.04. The number of aryl methyl sites for hydroxylation is 2. The Morgan fingerprint density at radius 2 is 1.93 bits per heavy atom. The smallest absolute Gasteiger partial charge is 0.338 e. The van der Waals surface area contributed by atoms with Crippen LogP contribution in [0.2, 0.25) is 0 Å². The van der Waals surface area contributed by atoms with Gasteiger partial charge in [-0.15, -0.1) is 0 Å². The lowest BCUT2D eigenvalue weighted by molar-refractivity contribution is -0.138. The van der Waals surface area contributed by atoms with E-state index in [2.05, 4.69) is 0 Å². The maximum Gasteiger partial charge on any atom is 0.338 e. The van der Waals surface area contributed by atoms with Crippen LogP contribution in [-0.4, -0.2) is 55.4 Å². The molecule has 1 amide bonds. The molecule has 2 atom stereocenters. The molecule has 3 rings (SSSR count). The molecule has 154 valence electrons. The van der Waals surface area contributed by atoms with E-state index in [1.54, 1.807) is 11.0 Å². The van der Waals surface area contributed by atoms with Gasteiger partial charge in [0.2, 0.25) is 0 Å². The van der Waals surface area contributed by atoms with E-state index in [-0.39, 0.29) is 36.1 Å². The number of esters is 1. The third-order valence-electron chi connectivity index (χ3n) is 5.87. The second-order valence-corrected chi connectivity index (χ2v) is 10.1. The molecule has 0 radical (unpaired) electrons. The van der Waals surface area contributed by atoms with Crippen LogP contribution in [0.15, 0.2) is 18.2 Å². The van der Waals surface area contributed by atoms with Crippen molar-refractivity contribution in [3.8, 4) is 0 Å². The molecule has 0 aromatic heterocycles. The van der Waals surface area contributed by atoms with E-state index < -0.39 is 15.8 Å². The molecular weight excluding hydrogens is 378 g/mol. The number of rotatable bonds is 6. The highest BCUT2D eigenvalue weighted by atomic mass is 32.2. The lowest BCUT2D eigenvalue weighted by Crippen LogP contribution is -2.48. The molecule has 0 N–H and O–H groups in total. The van der Waals surface area contributed by atoms with Crippen molar-refractivity contribution in [1.29, 1.82) is 0 Å². The summed E-state index contributed by atoms with van der Waals surface area (Å²) in [4.78, 5) is 26.8. The first kappa shape index (κ1) is 20.8. The van der Waals surface area contributed by atoms with Crippen molar-refractivity contribution in [2.75, 3.05) is 18.1 Å². The summed E-state index contributed by atoms with van der Waals surface area (Å²) >= 11 is 0. The van der Waals surface area contributed by atoms with Crippen molar-refractivity contribution in [3.05, 3.63) is 34.9 Å². The minimum Gasteiger partial charge on any atom is -0.452 e. The Labute approximate surface area is 167 Å². The lowest BCUT2D eigenvalue weighted by Gasteiger charge is -2.33. The molecule has 28 heavy (non-hydrogen) atoms. The zero-order valence-corrected chi connectivity index (χ0v) is 17.5. The summed E-state index contributed by atoms with van der Waals surface area (Å²) in [6, 6.07) is 5.16. The van der Waals surface area contributed by atoms with Gasteiger partial charge < -0.3 is 9.64 Å². The molecular formula is C21H29NO5S. The maximum atomic E-state index is 12.8. The molecule has 6 nitrogen and oxygen atoms in total. The predicted octanol–water partition coefficient (Wildman–Crippen LogP) is 2.54. The quantitative estimate of drug-likeness (QED) is 0.677. The van der Waals surface area contributed by atoms with E-state index in [0.717, 1.165) is 19.3 Å². The van der Waals surface area contributed by atoms with Gasteiger partial charge in [-0.3, -0.25) is 4.79 Å². The van der Waals surface area contributed by atoms with Gasteiger partial charge in [0.05, 0.1) is 17.1 Å². The Bertz CT molecular complexity index is 848. The molecule has 0 saturated carbocycles. The molecule has 1 aromatic rings. The third kappa shape index (κ3) is 4.74. The first-order valence-electron chi connectivity index (χ1n) is 10.1. The van der Waals surface area contributed by atoms with Gasteiger partial charge in [0.1, 0.15) is 0 Å². The number of ether oxygens (including phenoxy) is 1. The van der Waals surface area contributed by atoms with E-state index >= 15 is 0 Å². The minimum atomic E-state index is -3.10. The number of hydrogen-bond donors (Lipinski definition) is 0. The first-order chi connectivity index (χ1) is 13.3. The number of sulfone groups is 1. The van der Waals surface area contributed by atoms with Crippen LogP contribution in [0, 0.1) is 0 Å². The summed E-state index contributed by atoms with van der Waals surface area (Å²) in [5.74, 6) is -0.748. The van der Waals surface area contributed by atoms with Gasteiger partial charge in [-0.2, -0.15) is 0 Å². The molecule has 0 bridgehead atoms. The molecule has 1 heterocycles. The first-order valence-corrected chi connectivity index (χ1v) is 11.9. The summed E-state index contributed by atoms with van der Waals surface area (Å²) in [6.45, 7) is 3.48. The average molecular weight is 408 g/mol. The van der Waals surface area contributed by atoms with Crippen LogP contribution in [0.1, 0.15) is 61.0 Å². The van der Waals surface area contributed by atoms with E-state index in [0.29, 0.717) is 18.4 Å². The van der Waals surface area contributed by atoms with Gasteiger partial charge in [-0.1, -0.05) is 13.0 Å². The molecule has 1 aliphatic carbocycles. The monoisotopic (exact) mass is 407 g/mol. The van der Waals surface area contributed by atoms with Crippen LogP contribution in [0.4, 0.5) is 0 Å². The van der Waals surface area contributed by atoms with Crippen molar-refractivity contribution in [1.82, 2.24) is 4.90 Å². The Balaban J connectivity index is 1.64. The van der Waals surface area contributed by atoms with Crippen LogP contribution >= 0.6 is 0 Å². The highest BCUT2D eigenvalue weighted by Crippen LogP contribution is 2.23. The van der Waals surface area contributed by atoms with Crippen LogP contribution in [0.25, 0.3) is 0 Å². The van der Waals surface area contributed by atoms with Crippen molar-refractivity contribution in [2.24, 2.45) is 0 Å². The largest absolute Gasteiger partial charge is 0.452 e. The SMILES string of the molecule is CC[C@H](C)N(C(=O)COC(=O)c1ccc2c(c1)CCCC2)[C@@H]1CCS(=O)(=O)C1. The summed E-state index contributed by atoms with van der Waals surface area (Å²) in [5.41, 5.74) is 2.93. The summed E-state index contributed by atoms with van der Waals surface area (Å²) < 4.78 is 28.9. The fourth-order valence-electron chi connectivity index (χ4n) is 4.15. The molecule has 1 saturated heterocycles. The fourth-order valence-corrected chi connectivity index (χ4v) is 5.86. The Hall–Kier alpha value is -1.89. The Morgan fingerprint density at radius 3 is 2.57 bits per heavy atom. The Kier molecular flexibility index (Phi) is 6.43. The molecule has 0 spiro atoms. The maximum absolute atomic E-state index is 12.8. The predicted molar refractivity (Wildman–Crippen MR) is 107 cm³/mol. The van der Waals surface area contributed by atoms with Gasteiger partial charge in [-0.25, -0.2) is 13.2 Å². The van der Waals surface area contributed by atoms with Gasteiger partial charge >= 0.3 is 5.97 Å². The molecule has 0 unspecified atom stereocenters. The molecule has 1 aliphatic heterocycles. The fraction of sp³-hybridized carbons (Fsp3) is 0.619.